The molecule has 3 unspecified atom stereocenters. The minimum Gasteiger partial charge on any atom is -0.241 e. The Kier molecular flexibility index (Phi) is 2.96. The van der Waals surface area contributed by atoms with Crippen LogP contribution in [0.5, 0.6) is 0 Å². The second kappa shape index (κ2) is 3.87. The van der Waals surface area contributed by atoms with Gasteiger partial charge in [-0.15, -0.1) is 0 Å². The van der Waals surface area contributed by atoms with Crippen LogP contribution in [0, 0.1) is 0 Å². The maximum Gasteiger partial charge on any atom is 0.0389 e. The second-order valence-corrected chi connectivity index (χ2v) is 5.52. The van der Waals surface area contributed by atoms with Crippen molar-refractivity contribution in [1.29, 1.82) is 0 Å². The molecule has 13 heavy (non-hydrogen) atoms. The highest BCUT2D eigenvalue weighted by Crippen LogP contribution is 2.39. The summed E-state index contributed by atoms with van der Waals surface area (Å²) in [7, 11) is 0. The molecular formula is C10H17NS2. The Morgan fingerprint density at radius 1 is 1.62 bits per heavy atom. The summed E-state index contributed by atoms with van der Waals surface area (Å²) in [5.74, 6) is 0. The molecule has 2 aliphatic rings. The molecule has 0 saturated carbocycles. The summed E-state index contributed by atoms with van der Waals surface area (Å²) in [6.07, 6.45) is 8.58. The Labute approximate surface area is 90.5 Å². The van der Waals surface area contributed by atoms with E-state index in [1.54, 1.807) is 5.57 Å². The molecule has 2 heterocycles. The minimum atomic E-state index is 0.451. The molecule has 1 nitrogen and oxygen atoms in total. The van der Waals surface area contributed by atoms with Gasteiger partial charge in [-0.05, 0) is 32.4 Å². The van der Waals surface area contributed by atoms with Gasteiger partial charge in [-0.1, -0.05) is 23.6 Å². The Morgan fingerprint density at radius 2 is 2.38 bits per heavy atom. The third-order valence-electron chi connectivity index (χ3n) is 3.11. The van der Waals surface area contributed by atoms with Gasteiger partial charge in [0.15, 0.2) is 0 Å². The lowest BCUT2D eigenvalue weighted by atomic mass is 10.0. The van der Waals surface area contributed by atoms with Crippen molar-refractivity contribution >= 4 is 24.6 Å². The van der Waals surface area contributed by atoms with Crippen LogP contribution in [-0.4, -0.2) is 27.9 Å². The van der Waals surface area contributed by atoms with Crippen molar-refractivity contribution in [2.75, 3.05) is 6.26 Å². The van der Waals surface area contributed by atoms with Crippen molar-refractivity contribution in [3.8, 4) is 0 Å². The Balaban J connectivity index is 2.15. The third-order valence-corrected chi connectivity index (χ3v) is 4.43. The van der Waals surface area contributed by atoms with Crippen LogP contribution in [0.3, 0.4) is 0 Å². The molecular weight excluding hydrogens is 198 g/mol. The van der Waals surface area contributed by atoms with Gasteiger partial charge in [0.2, 0.25) is 0 Å². The van der Waals surface area contributed by atoms with Crippen molar-refractivity contribution < 1.29 is 0 Å². The summed E-state index contributed by atoms with van der Waals surface area (Å²) < 4.78 is 2.56. The molecule has 0 radical (unpaired) electrons. The van der Waals surface area contributed by atoms with Crippen LogP contribution < -0.4 is 0 Å². The number of rotatable bonds is 2. The first kappa shape index (κ1) is 9.94. The van der Waals surface area contributed by atoms with Gasteiger partial charge in [0, 0.05) is 17.3 Å². The first-order valence-corrected chi connectivity index (χ1v) is 6.63. The molecule has 2 rings (SSSR count). The number of fused-ring (bicyclic) bond motifs is 2. The van der Waals surface area contributed by atoms with Crippen molar-refractivity contribution in [3.63, 3.8) is 0 Å². The van der Waals surface area contributed by atoms with E-state index in [1.807, 2.05) is 11.9 Å². The minimum absolute atomic E-state index is 0.451. The molecule has 0 aliphatic carbocycles. The van der Waals surface area contributed by atoms with E-state index in [2.05, 4.69) is 36.2 Å². The predicted octanol–water partition coefficient (Wildman–Crippen LogP) is 2.75. The highest BCUT2D eigenvalue weighted by atomic mass is 32.2. The summed E-state index contributed by atoms with van der Waals surface area (Å²) in [4.78, 5) is 0. The van der Waals surface area contributed by atoms with E-state index in [0.29, 0.717) is 11.3 Å². The topological polar surface area (TPSA) is 3.24 Å². The van der Waals surface area contributed by atoms with E-state index < -0.39 is 0 Å². The van der Waals surface area contributed by atoms with E-state index in [4.69, 9.17) is 0 Å². The fraction of sp³-hybridized carbons (Fsp3) is 0.800. The summed E-state index contributed by atoms with van der Waals surface area (Å²) in [5, 5.41) is 0.451. The molecule has 0 N–H and O–H groups in total. The third kappa shape index (κ3) is 1.79. The van der Waals surface area contributed by atoms with Gasteiger partial charge in [0.25, 0.3) is 0 Å². The van der Waals surface area contributed by atoms with Gasteiger partial charge in [-0.2, -0.15) is 12.6 Å². The normalized spacial score (nSPS) is 36.1. The molecule has 2 bridgehead atoms. The molecule has 74 valence electrons. The molecule has 0 amide bonds. The van der Waals surface area contributed by atoms with E-state index in [9.17, 15) is 0 Å². The predicted molar refractivity (Wildman–Crippen MR) is 63.3 cm³/mol. The zero-order valence-corrected chi connectivity index (χ0v) is 9.94. The first-order chi connectivity index (χ1) is 6.22. The SMILES string of the molecule is CSN1C2C=C(C(C)S)CC1CC2. The highest BCUT2D eigenvalue weighted by molar-refractivity contribution is 7.96. The van der Waals surface area contributed by atoms with Crippen LogP contribution in [0.25, 0.3) is 0 Å². The van der Waals surface area contributed by atoms with Crippen LogP contribution in [0.2, 0.25) is 0 Å². The largest absolute Gasteiger partial charge is 0.241 e. The first-order valence-electron chi connectivity index (χ1n) is 4.93. The van der Waals surface area contributed by atoms with Crippen LogP contribution in [-0.2, 0) is 0 Å². The Bertz CT molecular complexity index is 225. The lowest BCUT2D eigenvalue weighted by molar-refractivity contribution is 0.371. The van der Waals surface area contributed by atoms with E-state index in [-0.39, 0.29) is 0 Å². The Morgan fingerprint density at radius 3 is 2.92 bits per heavy atom. The van der Waals surface area contributed by atoms with Gasteiger partial charge in [-0.25, -0.2) is 4.31 Å². The number of thiol groups is 1. The molecule has 0 spiro atoms. The van der Waals surface area contributed by atoms with Crippen LogP contribution in [0.15, 0.2) is 11.6 Å². The molecule has 3 atom stereocenters. The van der Waals surface area contributed by atoms with Gasteiger partial charge < -0.3 is 0 Å². The number of nitrogens with zero attached hydrogens (tertiary/aromatic N) is 1. The maximum absolute atomic E-state index is 4.52. The van der Waals surface area contributed by atoms with Crippen LogP contribution in [0.4, 0.5) is 0 Å². The van der Waals surface area contributed by atoms with Crippen molar-refractivity contribution in [3.05, 3.63) is 11.6 Å². The zero-order valence-electron chi connectivity index (χ0n) is 8.23. The molecule has 3 heteroatoms. The van der Waals surface area contributed by atoms with Crippen molar-refractivity contribution in [2.24, 2.45) is 0 Å². The van der Waals surface area contributed by atoms with E-state index in [0.717, 1.165) is 6.04 Å². The molecule has 0 aromatic rings. The monoisotopic (exact) mass is 215 g/mol. The Hall–Kier alpha value is 0.400. The van der Waals surface area contributed by atoms with Gasteiger partial charge >= 0.3 is 0 Å². The van der Waals surface area contributed by atoms with E-state index >= 15 is 0 Å². The standard InChI is InChI=1S/C10H17NS2/c1-7(12)8-5-9-3-4-10(6-8)11(9)13-2/h5,7,9-10,12H,3-4,6H2,1-2H3. The van der Waals surface area contributed by atoms with Gasteiger partial charge in [-0.3, -0.25) is 0 Å². The zero-order chi connectivity index (χ0) is 9.42. The average Bonchev–Trinajstić information content (AvgIpc) is 2.34. The van der Waals surface area contributed by atoms with Gasteiger partial charge in [0.05, 0.1) is 0 Å². The highest BCUT2D eigenvalue weighted by Gasteiger charge is 2.36. The van der Waals surface area contributed by atoms with Crippen molar-refractivity contribution in [2.45, 2.75) is 43.5 Å². The maximum atomic E-state index is 4.52. The molecule has 1 fully saturated rings. The number of hydrogen-bond acceptors (Lipinski definition) is 3. The molecule has 1 saturated heterocycles. The van der Waals surface area contributed by atoms with E-state index in [1.165, 1.54) is 19.3 Å². The summed E-state index contributed by atoms with van der Waals surface area (Å²) in [6.45, 7) is 2.18. The molecule has 0 aromatic carbocycles. The fourth-order valence-corrected chi connectivity index (χ4v) is 3.53. The average molecular weight is 215 g/mol. The molecule has 0 aromatic heterocycles. The van der Waals surface area contributed by atoms with Crippen LogP contribution in [0.1, 0.15) is 26.2 Å². The fourth-order valence-electron chi connectivity index (χ4n) is 2.42. The summed E-state index contributed by atoms with van der Waals surface area (Å²) >= 11 is 6.42. The quantitative estimate of drug-likeness (QED) is 0.429. The lowest BCUT2D eigenvalue weighted by Gasteiger charge is -2.32. The number of hydrogen-bond donors (Lipinski definition) is 1. The summed E-state index contributed by atoms with van der Waals surface area (Å²) in [5.41, 5.74) is 1.56. The summed E-state index contributed by atoms with van der Waals surface area (Å²) in [6, 6.07) is 1.48. The molecule has 2 aliphatic heterocycles. The van der Waals surface area contributed by atoms with Crippen LogP contribution >= 0.6 is 24.6 Å². The second-order valence-electron chi connectivity index (χ2n) is 3.96. The van der Waals surface area contributed by atoms with Crippen molar-refractivity contribution in [1.82, 2.24) is 4.31 Å². The smallest absolute Gasteiger partial charge is 0.0389 e. The van der Waals surface area contributed by atoms with Gasteiger partial charge in [0.1, 0.15) is 0 Å². The lowest BCUT2D eigenvalue weighted by Crippen LogP contribution is -2.33.